The third kappa shape index (κ3) is 2.80. The van der Waals surface area contributed by atoms with Crippen LogP contribution >= 0.6 is 11.8 Å². The van der Waals surface area contributed by atoms with E-state index in [0.29, 0.717) is 9.79 Å². The molecule has 0 radical (unpaired) electrons. The molecule has 102 valence electrons. The summed E-state index contributed by atoms with van der Waals surface area (Å²) in [6.45, 7) is 1.76. The molecule has 0 unspecified atom stereocenters. The van der Waals surface area contributed by atoms with Gasteiger partial charge in [0.25, 0.3) is 5.69 Å². The van der Waals surface area contributed by atoms with Crippen molar-refractivity contribution in [1.29, 1.82) is 0 Å². The van der Waals surface area contributed by atoms with E-state index in [4.69, 9.17) is 5.11 Å². The molecule has 0 atom stereocenters. The van der Waals surface area contributed by atoms with Gasteiger partial charge in [0, 0.05) is 11.0 Å². The summed E-state index contributed by atoms with van der Waals surface area (Å²) in [5.41, 5.74) is 0.856. The molecule has 0 spiro atoms. The molecule has 0 aromatic heterocycles. The van der Waals surface area contributed by atoms with Crippen molar-refractivity contribution >= 4 is 23.4 Å². The second-order valence-electron chi connectivity index (χ2n) is 4.08. The number of nitrogens with zero attached hydrogens (tertiary/aromatic N) is 1. The van der Waals surface area contributed by atoms with Gasteiger partial charge in [0.05, 0.1) is 15.4 Å². The van der Waals surface area contributed by atoms with E-state index in [-0.39, 0.29) is 11.3 Å². The number of carboxylic acid groups (broad SMARTS) is 1. The lowest BCUT2D eigenvalue weighted by Gasteiger charge is -2.08. The Morgan fingerprint density at radius 3 is 2.55 bits per heavy atom. The maximum Gasteiger partial charge on any atom is 0.336 e. The maximum absolute atomic E-state index is 11.2. The van der Waals surface area contributed by atoms with Gasteiger partial charge in [0.2, 0.25) is 0 Å². The van der Waals surface area contributed by atoms with E-state index in [0.717, 1.165) is 17.3 Å². The number of rotatable bonds is 4. The Bertz CT molecular complexity index is 685. The van der Waals surface area contributed by atoms with Crippen molar-refractivity contribution in [3.8, 4) is 0 Å². The summed E-state index contributed by atoms with van der Waals surface area (Å²) in [5, 5.41) is 20.2. The molecule has 2 aromatic carbocycles. The highest BCUT2D eigenvalue weighted by atomic mass is 32.2. The number of benzene rings is 2. The van der Waals surface area contributed by atoms with E-state index in [2.05, 4.69) is 0 Å². The number of nitro benzene ring substituents is 1. The van der Waals surface area contributed by atoms with Crippen molar-refractivity contribution in [3.63, 3.8) is 0 Å². The molecule has 0 fully saturated rings. The van der Waals surface area contributed by atoms with Crippen molar-refractivity contribution in [1.82, 2.24) is 0 Å². The summed E-state index contributed by atoms with van der Waals surface area (Å²) in [6.07, 6.45) is 0. The van der Waals surface area contributed by atoms with Gasteiger partial charge in [-0.1, -0.05) is 36.0 Å². The molecular weight excluding hydrogens is 278 g/mol. The topological polar surface area (TPSA) is 80.4 Å². The largest absolute Gasteiger partial charge is 0.478 e. The highest BCUT2D eigenvalue weighted by Crippen LogP contribution is 2.38. The fourth-order valence-corrected chi connectivity index (χ4v) is 2.86. The van der Waals surface area contributed by atoms with Gasteiger partial charge in [0.15, 0.2) is 0 Å². The summed E-state index contributed by atoms with van der Waals surface area (Å²) in [5.74, 6) is -1.05. The molecule has 0 heterocycles. The average molecular weight is 289 g/mol. The summed E-state index contributed by atoms with van der Waals surface area (Å²) in [4.78, 5) is 22.7. The molecule has 20 heavy (non-hydrogen) atoms. The first-order valence-electron chi connectivity index (χ1n) is 5.75. The Hall–Kier alpha value is -2.34. The van der Waals surface area contributed by atoms with E-state index in [1.165, 1.54) is 12.1 Å². The Balaban J connectivity index is 2.51. The molecule has 0 aliphatic rings. The van der Waals surface area contributed by atoms with Gasteiger partial charge in [-0.05, 0) is 24.6 Å². The molecule has 0 saturated heterocycles. The van der Waals surface area contributed by atoms with E-state index < -0.39 is 10.9 Å². The van der Waals surface area contributed by atoms with Gasteiger partial charge in [-0.3, -0.25) is 10.1 Å². The zero-order valence-corrected chi connectivity index (χ0v) is 11.4. The fourth-order valence-electron chi connectivity index (χ4n) is 1.76. The molecule has 2 rings (SSSR count). The highest BCUT2D eigenvalue weighted by Gasteiger charge is 2.19. The lowest BCUT2D eigenvalue weighted by atomic mass is 10.2. The Labute approximate surface area is 119 Å². The molecule has 0 aliphatic carbocycles. The quantitative estimate of drug-likeness (QED) is 0.684. The number of aryl methyl sites for hydroxylation is 1. The first-order chi connectivity index (χ1) is 9.50. The van der Waals surface area contributed by atoms with Crippen LogP contribution in [0.5, 0.6) is 0 Å². The smallest absolute Gasteiger partial charge is 0.336 e. The number of carbonyl (C=O) groups is 1. The van der Waals surface area contributed by atoms with Crippen LogP contribution in [0.4, 0.5) is 5.69 Å². The number of carboxylic acids is 1. The lowest BCUT2D eigenvalue weighted by Crippen LogP contribution is -1.99. The molecule has 0 amide bonds. The zero-order chi connectivity index (χ0) is 14.7. The first kappa shape index (κ1) is 14.1. The summed E-state index contributed by atoms with van der Waals surface area (Å²) in [6, 6.07) is 11.2. The predicted molar refractivity (Wildman–Crippen MR) is 75.4 cm³/mol. The maximum atomic E-state index is 11.2. The third-order valence-corrected chi connectivity index (χ3v) is 4.03. The van der Waals surface area contributed by atoms with E-state index in [1.807, 2.05) is 0 Å². The second kappa shape index (κ2) is 5.75. The zero-order valence-electron chi connectivity index (χ0n) is 10.6. The molecule has 6 heteroatoms. The molecule has 1 N–H and O–H groups in total. The van der Waals surface area contributed by atoms with Crippen LogP contribution in [-0.4, -0.2) is 16.0 Å². The molecule has 0 bridgehead atoms. The molecule has 0 aliphatic heterocycles. The van der Waals surface area contributed by atoms with E-state index in [9.17, 15) is 14.9 Å². The normalized spacial score (nSPS) is 10.2. The average Bonchev–Trinajstić information content (AvgIpc) is 2.41. The molecule has 0 saturated carbocycles. The van der Waals surface area contributed by atoms with Gasteiger partial charge in [0.1, 0.15) is 0 Å². The number of nitro groups is 1. The van der Waals surface area contributed by atoms with Gasteiger partial charge >= 0.3 is 5.97 Å². The van der Waals surface area contributed by atoms with Crippen molar-refractivity contribution < 1.29 is 14.8 Å². The lowest BCUT2D eigenvalue weighted by molar-refractivity contribution is -0.387. The number of aromatic carboxylic acids is 1. The molecule has 2 aromatic rings. The third-order valence-electron chi connectivity index (χ3n) is 2.72. The summed E-state index contributed by atoms with van der Waals surface area (Å²) < 4.78 is 0. The van der Waals surface area contributed by atoms with Crippen LogP contribution in [0, 0.1) is 17.0 Å². The molecular formula is C14H11NO4S. The predicted octanol–water partition coefficient (Wildman–Crippen LogP) is 3.75. The minimum atomic E-state index is -1.05. The van der Waals surface area contributed by atoms with Crippen molar-refractivity contribution in [2.75, 3.05) is 0 Å². The van der Waals surface area contributed by atoms with Crippen LogP contribution in [0.1, 0.15) is 15.9 Å². The Morgan fingerprint density at radius 2 is 1.90 bits per heavy atom. The minimum Gasteiger partial charge on any atom is -0.478 e. The van der Waals surface area contributed by atoms with Crippen LogP contribution in [0.2, 0.25) is 0 Å². The van der Waals surface area contributed by atoms with Crippen molar-refractivity contribution in [2.45, 2.75) is 16.7 Å². The number of hydrogen-bond donors (Lipinski definition) is 1. The van der Waals surface area contributed by atoms with Crippen molar-refractivity contribution in [3.05, 3.63) is 63.7 Å². The summed E-state index contributed by atoms with van der Waals surface area (Å²) >= 11 is 1.10. The molecule has 5 nitrogen and oxygen atoms in total. The Kier molecular flexibility index (Phi) is 4.05. The van der Waals surface area contributed by atoms with E-state index in [1.54, 1.807) is 37.3 Å². The number of hydrogen-bond acceptors (Lipinski definition) is 4. The van der Waals surface area contributed by atoms with Gasteiger partial charge < -0.3 is 5.11 Å². The van der Waals surface area contributed by atoms with Crippen LogP contribution < -0.4 is 0 Å². The van der Waals surface area contributed by atoms with Gasteiger partial charge in [-0.25, -0.2) is 4.79 Å². The van der Waals surface area contributed by atoms with Gasteiger partial charge in [-0.15, -0.1) is 0 Å². The first-order valence-corrected chi connectivity index (χ1v) is 6.56. The standard InChI is InChI=1S/C14H11NO4S/c1-9-5-4-7-11(15(18)19)13(9)20-12-8-3-2-6-10(12)14(16)17/h2-8H,1H3,(H,16,17). The Morgan fingerprint density at radius 1 is 1.20 bits per heavy atom. The summed E-state index contributed by atoms with van der Waals surface area (Å²) in [7, 11) is 0. The van der Waals surface area contributed by atoms with Crippen LogP contribution in [0.15, 0.2) is 52.3 Å². The second-order valence-corrected chi connectivity index (χ2v) is 5.14. The van der Waals surface area contributed by atoms with Crippen LogP contribution in [-0.2, 0) is 0 Å². The van der Waals surface area contributed by atoms with Crippen molar-refractivity contribution in [2.24, 2.45) is 0 Å². The highest BCUT2D eigenvalue weighted by molar-refractivity contribution is 7.99. The fraction of sp³-hybridized carbons (Fsp3) is 0.0714. The van der Waals surface area contributed by atoms with Crippen LogP contribution in [0.25, 0.3) is 0 Å². The van der Waals surface area contributed by atoms with E-state index >= 15 is 0 Å². The van der Waals surface area contributed by atoms with Crippen LogP contribution in [0.3, 0.4) is 0 Å². The monoisotopic (exact) mass is 289 g/mol. The minimum absolute atomic E-state index is 0.0183. The van der Waals surface area contributed by atoms with Gasteiger partial charge in [-0.2, -0.15) is 0 Å². The SMILES string of the molecule is Cc1cccc([N+](=O)[O-])c1Sc1ccccc1C(=O)O.